The Morgan fingerprint density at radius 3 is 2.41 bits per heavy atom. The van der Waals surface area contributed by atoms with Crippen molar-refractivity contribution in [2.24, 2.45) is 0 Å². The average molecular weight is 379 g/mol. The number of carbonyl (C=O) groups is 2. The van der Waals surface area contributed by atoms with E-state index in [0.29, 0.717) is 0 Å². The molecule has 0 aliphatic carbocycles. The Kier molecular flexibility index (Phi) is 10.6. The summed E-state index contributed by atoms with van der Waals surface area (Å²) in [4.78, 5) is 20.7. The number of hydrogen-bond donors (Lipinski definition) is 2. The first-order valence-corrected chi connectivity index (χ1v) is 9.07. The second kappa shape index (κ2) is 12.8. The van der Waals surface area contributed by atoms with Crippen LogP contribution in [0.2, 0.25) is 0 Å². The molecule has 0 spiro atoms. The molecule has 7 heteroatoms. The predicted octanol–water partition coefficient (Wildman–Crippen LogP) is 2.83. The highest BCUT2D eigenvalue weighted by Gasteiger charge is 2.11. The number of aliphatic carboxylic acids is 2. The van der Waals surface area contributed by atoms with E-state index in [1.54, 1.807) is 7.11 Å². The van der Waals surface area contributed by atoms with Gasteiger partial charge in [-0.1, -0.05) is 18.2 Å². The van der Waals surface area contributed by atoms with Crippen molar-refractivity contribution < 1.29 is 29.3 Å². The molecule has 0 aromatic heterocycles. The van der Waals surface area contributed by atoms with Crippen LogP contribution in [-0.2, 0) is 16.0 Å². The van der Waals surface area contributed by atoms with Crippen LogP contribution < -0.4 is 9.47 Å². The van der Waals surface area contributed by atoms with Crippen molar-refractivity contribution in [3.8, 4) is 11.5 Å². The molecule has 0 atom stereocenters. The lowest BCUT2D eigenvalue weighted by Gasteiger charge is -2.16. The highest BCUT2D eigenvalue weighted by molar-refractivity contribution is 6.27. The monoisotopic (exact) mass is 379 g/mol. The fraction of sp³-hybridized carbons (Fsp3) is 0.500. The first kappa shape index (κ1) is 22.5. The van der Waals surface area contributed by atoms with Crippen LogP contribution in [0.5, 0.6) is 11.5 Å². The van der Waals surface area contributed by atoms with Gasteiger partial charge in [0.2, 0.25) is 0 Å². The summed E-state index contributed by atoms with van der Waals surface area (Å²) in [7, 11) is 1.69. The molecule has 1 saturated heterocycles. The maximum absolute atomic E-state index is 9.10. The summed E-state index contributed by atoms with van der Waals surface area (Å²) in [6, 6.07) is 6.02. The van der Waals surface area contributed by atoms with Crippen molar-refractivity contribution in [1.82, 2.24) is 4.90 Å². The van der Waals surface area contributed by atoms with E-state index in [1.807, 2.05) is 18.2 Å². The van der Waals surface area contributed by atoms with Gasteiger partial charge in [-0.15, -0.1) is 6.58 Å². The first-order valence-electron chi connectivity index (χ1n) is 9.07. The number of methoxy groups -OCH3 is 1. The minimum Gasteiger partial charge on any atom is -0.493 e. The minimum absolute atomic E-state index is 0.748. The summed E-state index contributed by atoms with van der Waals surface area (Å²) >= 11 is 0. The molecule has 1 aliphatic heterocycles. The molecule has 0 unspecified atom stereocenters. The fourth-order valence-corrected chi connectivity index (χ4v) is 2.82. The third kappa shape index (κ3) is 8.59. The Bertz CT molecular complexity index is 598. The topological polar surface area (TPSA) is 96.3 Å². The van der Waals surface area contributed by atoms with Crippen molar-refractivity contribution in [3.63, 3.8) is 0 Å². The van der Waals surface area contributed by atoms with Crippen molar-refractivity contribution >= 4 is 11.9 Å². The fourth-order valence-electron chi connectivity index (χ4n) is 2.82. The number of hydrogen-bond acceptors (Lipinski definition) is 5. The van der Waals surface area contributed by atoms with Crippen LogP contribution in [0.15, 0.2) is 30.9 Å². The number of nitrogens with zero attached hydrogens (tertiary/aromatic N) is 1. The van der Waals surface area contributed by atoms with Crippen LogP contribution in [0.1, 0.15) is 31.2 Å². The molecule has 27 heavy (non-hydrogen) atoms. The molecule has 7 nitrogen and oxygen atoms in total. The molecular weight excluding hydrogens is 350 g/mol. The van der Waals surface area contributed by atoms with Crippen LogP contribution in [-0.4, -0.2) is 60.4 Å². The van der Waals surface area contributed by atoms with Crippen LogP contribution in [0, 0.1) is 0 Å². The van der Waals surface area contributed by atoms with E-state index in [4.69, 9.17) is 29.3 Å². The SMILES string of the molecule is C=CCc1cccc(OC)c1OCCCCN1CCCC1.O=C(O)C(=O)O. The van der Waals surface area contributed by atoms with Gasteiger partial charge in [0.1, 0.15) is 0 Å². The van der Waals surface area contributed by atoms with E-state index >= 15 is 0 Å². The number of unbranched alkanes of at least 4 members (excludes halogenated alkanes) is 1. The second-order valence-corrected chi connectivity index (χ2v) is 6.16. The molecule has 0 bridgehead atoms. The third-order valence-electron chi connectivity index (χ3n) is 4.14. The number of ether oxygens (including phenoxy) is 2. The molecule has 1 aromatic carbocycles. The third-order valence-corrected chi connectivity index (χ3v) is 4.14. The van der Waals surface area contributed by atoms with E-state index in [-0.39, 0.29) is 0 Å². The minimum atomic E-state index is -1.82. The van der Waals surface area contributed by atoms with Gasteiger partial charge in [0, 0.05) is 5.56 Å². The van der Waals surface area contributed by atoms with Crippen molar-refractivity contribution in [3.05, 3.63) is 36.4 Å². The van der Waals surface area contributed by atoms with Crippen molar-refractivity contribution in [2.75, 3.05) is 33.4 Å². The van der Waals surface area contributed by atoms with Gasteiger partial charge in [-0.25, -0.2) is 9.59 Å². The summed E-state index contributed by atoms with van der Waals surface area (Å²) in [5.74, 6) is -1.96. The van der Waals surface area contributed by atoms with Crippen LogP contribution in [0.3, 0.4) is 0 Å². The Labute approximate surface area is 160 Å². The lowest BCUT2D eigenvalue weighted by molar-refractivity contribution is -0.159. The van der Waals surface area contributed by atoms with Gasteiger partial charge in [0.25, 0.3) is 0 Å². The molecule has 0 saturated carbocycles. The van der Waals surface area contributed by atoms with Crippen LogP contribution >= 0.6 is 0 Å². The average Bonchev–Trinajstić information content (AvgIpc) is 3.16. The Balaban J connectivity index is 0.000000527. The normalized spacial score (nSPS) is 13.4. The quantitative estimate of drug-likeness (QED) is 0.387. The zero-order chi connectivity index (χ0) is 20.1. The number of para-hydroxylation sites is 1. The van der Waals surface area contributed by atoms with E-state index in [9.17, 15) is 0 Å². The molecule has 150 valence electrons. The predicted molar refractivity (Wildman–Crippen MR) is 103 cm³/mol. The van der Waals surface area contributed by atoms with Gasteiger partial charge in [0.15, 0.2) is 11.5 Å². The van der Waals surface area contributed by atoms with E-state index in [1.165, 1.54) is 38.9 Å². The van der Waals surface area contributed by atoms with Gasteiger partial charge in [-0.2, -0.15) is 0 Å². The molecule has 0 amide bonds. The Morgan fingerprint density at radius 1 is 1.19 bits per heavy atom. The maximum Gasteiger partial charge on any atom is 0.414 e. The van der Waals surface area contributed by atoms with Crippen molar-refractivity contribution in [1.29, 1.82) is 0 Å². The zero-order valence-electron chi connectivity index (χ0n) is 15.9. The summed E-state index contributed by atoms with van der Waals surface area (Å²) in [5.41, 5.74) is 1.14. The Morgan fingerprint density at radius 2 is 1.85 bits per heavy atom. The van der Waals surface area contributed by atoms with Gasteiger partial charge < -0.3 is 24.6 Å². The maximum atomic E-state index is 9.10. The van der Waals surface area contributed by atoms with Gasteiger partial charge in [-0.3, -0.25) is 0 Å². The number of allylic oxidation sites excluding steroid dienone is 1. The molecule has 2 N–H and O–H groups in total. The Hall–Kier alpha value is -2.54. The van der Waals surface area contributed by atoms with Crippen molar-refractivity contribution in [2.45, 2.75) is 32.1 Å². The van der Waals surface area contributed by atoms with E-state index in [2.05, 4.69) is 17.5 Å². The molecular formula is C20H29NO6. The molecule has 1 aliphatic rings. The second-order valence-electron chi connectivity index (χ2n) is 6.16. The number of likely N-dealkylation sites (tertiary alicyclic amines) is 1. The smallest absolute Gasteiger partial charge is 0.414 e. The van der Waals surface area contributed by atoms with E-state index < -0.39 is 11.9 Å². The van der Waals surface area contributed by atoms with Crippen LogP contribution in [0.4, 0.5) is 0 Å². The standard InChI is InChI=1S/C18H27NO2.C2H2O4/c1-3-9-16-10-8-11-17(20-2)18(16)21-15-7-6-14-19-12-4-5-13-19;3-1(4)2(5)6/h3,8,10-11H,1,4-7,9,12-15H2,2H3;(H,3,4)(H,5,6). The molecule has 1 aromatic rings. The van der Waals surface area contributed by atoms with Gasteiger partial charge >= 0.3 is 11.9 Å². The number of carboxylic acid groups (broad SMARTS) is 2. The summed E-state index contributed by atoms with van der Waals surface area (Å²) in [5, 5.41) is 14.8. The molecule has 2 rings (SSSR count). The first-order chi connectivity index (χ1) is 13.0. The molecule has 1 fully saturated rings. The summed E-state index contributed by atoms with van der Waals surface area (Å²) in [6.45, 7) is 8.31. The number of carboxylic acids is 2. The van der Waals surface area contributed by atoms with E-state index in [0.717, 1.165) is 36.5 Å². The highest BCUT2D eigenvalue weighted by atomic mass is 16.5. The summed E-state index contributed by atoms with van der Waals surface area (Å²) in [6.07, 6.45) is 7.72. The van der Waals surface area contributed by atoms with Gasteiger partial charge in [-0.05, 0) is 57.8 Å². The lowest BCUT2D eigenvalue weighted by atomic mass is 10.1. The lowest BCUT2D eigenvalue weighted by Crippen LogP contribution is -2.20. The van der Waals surface area contributed by atoms with Gasteiger partial charge in [0.05, 0.1) is 13.7 Å². The highest BCUT2D eigenvalue weighted by Crippen LogP contribution is 2.31. The summed E-state index contributed by atoms with van der Waals surface area (Å²) < 4.78 is 11.4. The largest absolute Gasteiger partial charge is 0.493 e. The molecule has 1 heterocycles. The number of rotatable bonds is 9. The van der Waals surface area contributed by atoms with Crippen LogP contribution in [0.25, 0.3) is 0 Å². The molecule has 0 radical (unpaired) electrons. The number of benzene rings is 1. The zero-order valence-corrected chi connectivity index (χ0v) is 15.9.